The number of nitro groups is 1. The molecule has 1 rings (SSSR count). The van der Waals surface area contributed by atoms with Crippen molar-refractivity contribution >= 4 is 11.6 Å². The van der Waals surface area contributed by atoms with Crippen molar-refractivity contribution in [3.63, 3.8) is 0 Å². The smallest absolute Gasteiger partial charge is 0.311 e. The highest BCUT2D eigenvalue weighted by atomic mass is 19.1. The van der Waals surface area contributed by atoms with Gasteiger partial charge in [-0.1, -0.05) is 13.8 Å². The Morgan fingerprint density at radius 1 is 1.43 bits per heavy atom. The van der Waals surface area contributed by atoms with Crippen LogP contribution in [0.5, 0.6) is 5.75 Å². The zero-order valence-corrected chi connectivity index (χ0v) is 12.3. The van der Waals surface area contributed by atoms with Gasteiger partial charge in [0.2, 0.25) is 5.75 Å². The first-order valence-electron chi connectivity index (χ1n) is 6.69. The van der Waals surface area contributed by atoms with Gasteiger partial charge in [-0.15, -0.1) is 0 Å². The molecule has 1 atom stereocenters. The van der Waals surface area contributed by atoms with Gasteiger partial charge < -0.3 is 10.1 Å². The molecule has 0 saturated carbocycles. The summed E-state index contributed by atoms with van der Waals surface area (Å²) in [4.78, 5) is 21.9. The number of hydrogen-bond donors (Lipinski definition) is 1. The number of ether oxygens (including phenoxy) is 1. The predicted molar refractivity (Wildman–Crippen MR) is 75.6 cm³/mol. The van der Waals surface area contributed by atoms with E-state index in [4.69, 9.17) is 4.74 Å². The molecule has 0 bridgehead atoms. The minimum absolute atomic E-state index is 0.258. The second-order valence-corrected chi connectivity index (χ2v) is 5.10. The standard InChI is InChI=1S/C14H19FN2O4/c1-9(2)6-7-16-14(18)10(3)21-13-8-11(15)4-5-12(13)17(19)20/h4-5,8-10H,6-7H2,1-3H3,(H,16,18). The highest BCUT2D eigenvalue weighted by Crippen LogP contribution is 2.28. The van der Waals surface area contributed by atoms with Crippen LogP contribution in [0.1, 0.15) is 27.2 Å². The molecule has 116 valence electrons. The normalized spacial score (nSPS) is 12.0. The summed E-state index contributed by atoms with van der Waals surface area (Å²) in [7, 11) is 0. The zero-order chi connectivity index (χ0) is 16.0. The molecule has 0 aliphatic rings. The van der Waals surface area contributed by atoms with Crippen LogP contribution in [0.4, 0.5) is 10.1 Å². The van der Waals surface area contributed by atoms with Gasteiger partial charge in [0.25, 0.3) is 5.91 Å². The summed E-state index contributed by atoms with van der Waals surface area (Å²) >= 11 is 0. The van der Waals surface area contributed by atoms with E-state index in [0.29, 0.717) is 12.5 Å². The minimum atomic E-state index is -0.947. The van der Waals surface area contributed by atoms with Crippen LogP contribution in [-0.4, -0.2) is 23.5 Å². The van der Waals surface area contributed by atoms with Gasteiger partial charge in [0.1, 0.15) is 5.82 Å². The molecule has 0 spiro atoms. The lowest BCUT2D eigenvalue weighted by molar-refractivity contribution is -0.386. The molecule has 1 N–H and O–H groups in total. The zero-order valence-electron chi connectivity index (χ0n) is 12.3. The van der Waals surface area contributed by atoms with E-state index < -0.39 is 22.8 Å². The summed E-state index contributed by atoms with van der Waals surface area (Å²) in [5.74, 6) is -0.866. The van der Waals surface area contributed by atoms with Crippen molar-refractivity contribution < 1.29 is 18.8 Å². The van der Waals surface area contributed by atoms with Crippen molar-refractivity contribution in [2.24, 2.45) is 5.92 Å². The average Bonchev–Trinajstić information content (AvgIpc) is 2.37. The number of rotatable bonds is 7. The minimum Gasteiger partial charge on any atom is -0.474 e. The summed E-state index contributed by atoms with van der Waals surface area (Å²) in [5.41, 5.74) is -0.377. The van der Waals surface area contributed by atoms with E-state index in [1.807, 2.05) is 13.8 Å². The lowest BCUT2D eigenvalue weighted by atomic mass is 10.1. The van der Waals surface area contributed by atoms with E-state index in [1.54, 1.807) is 0 Å². The van der Waals surface area contributed by atoms with Crippen LogP contribution in [0, 0.1) is 21.8 Å². The molecule has 0 aromatic heterocycles. The van der Waals surface area contributed by atoms with E-state index in [-0.39, 0.29) is 11.4 Å². The molecule has 0 aliphatic heterocycles. The summed E-state index contributed by atoms with van der Waals surface area (Å²) in [6, 6.07) is 2.88. The highest BCUT2D eigenvalue weighted by Gasteiger charge is 2.21. The Bertz CT molecular complexity index is 520. The molecule has 0 saturated heterocycles. The predicted octanol–water partition coefficient (Wildman–Crippen LogP) is 2.66. The van der Waals surface area contributed by atoms with Crippen LogP contribution >= 0.6 is 0 Å². The molecule has 1 aromatic rings. The average molecular weight is 298 g/mol. The fraction of sp³-hybridized carbons (Fsp3) is 0.500. The van der Waals surface area contributed by atoms with Crippen LogP contribution in [-0.2, 0) is 4.79 Å². The lowest BCUT2D eigenvalue weighted by Crippen LogP contribution is -2.37. The van der Waals surface area contributed by atoms with E-state index in [2.05, 4.69) is 5.32 Å². The number of nitro benzene ring substituents is 1. The number of nitrogens with zero attached hydrogens (tertiary/aromatic N) is 1. The SMILES string of the molecule is CC(C)CCNC(=O)C(C)Oc1cc(F)ccc1[N+](=O)[O-]. The molecular weight excluding hydrogens is 279 g/mol. The summed E-state index contributed by atoms with van der Waals surface area (Å²) in [6.07, 6.45) is -0.129. The Morgan fingerprint density at radius 3 is 2.67 bits per heavy atom. The van der Waals surface area contributed by atoms with Crippen molar-refractivity contribution in [3.8, 4) is 5.75 Å². The Kier molecular flexibility index (Phi) is 6.08. The van der Waals surface area contributed by atoms with Crippen LogP contribution in [0.2, 0.25) is 0 Å². The third-order valence-electron chi connectivity index (χ3n) is 2.81. The fourth-order valence-corrected chi connectivity index (χ4v) is 1.60. The third-order valence-corrected chi connectivity index (χ3v) is 2.81. The first-order chi connectivity index (χ1) is 9.81. The van der Waals surface area contributed by atoms with Crippen LogP contribution in [0.3, 0.4) is 0 Å². The first kappa shape index (κ1) is 16.9. The van der Waals surface area contributed by atoms with Crippen LogP contribution in [0.25, 0.3) is 0 Å². The fourth-order valence-electron chi connectivity index (χ4n) is 1.60. The van der Waals surface area contributed by atoms with Crippen LogP contribution < -0.4 is 10.1 Å². The van der Waals surface area contributed by atoms with Crippen molar-refractivity contribution in [1.82, 2.24) is 5.32 Å². The number of benzene rings is 1. The van der Waals surface area contributed by atoms with Gasteiger partial charge >= 0.3 is 5.69 Å². The van der Waals surface area contributed by atoms with Crippen molar-refractivity contribution in [3.05, 3.63) is 34.1 Å². The number of carbonyl (C=O) groups is 1. The summed E-state index contributed by atoms with van der Waals surface area (Å²) in [6.45, 7) is 6.01. The Labute approximate surface area is 122 Å². The highest BCUT2D eigenvalue weighted by molar-refractivity contribution is 5.80. The summed E-state index contributed by atoms with van der Waals surface area (Å²) in [5, 5.41) is 13.5. The molecule has 6 nitrogen and oxygen atoms in total. The van der Waals surface area contributed by atoms with Gasteiger partial charge in [0.05, 0.1) is 4.92 Å². The Hall–Kier alpha value is -2.18. The van der Waals surface area contributed by atoms with Gasteiger partial charge in [-0.3, -0.25) is 14.9 Å². The quantitative estimate of drug-likeness (QED) is 0.620. The Balaban J connectivity index is 2.69. The molecule has 0 aliphatic carbocycles. The van der Waals surface area contributed by atoms with E-state index in [1.165, 1.54) is 6.92 Å². The van der Waals surface area contributed by atoms with Crippen molar-refractivity contribution in [1.29, 1.82) is 0 Å². The third kappa shape index (κ3) is 5.37. The molecule has 21 heavy (non-hydrogen) atoms. The number of hydrogen-bond acceptors (Lipinski definition) is 4. The molecule has 1 aromatic carbocycles. The molecule has 0 fully saturated rings. The maximum atomic E-state index is 13.2. The van der Waals surface area contributed by atoms with Gasteiger partial charge in [-0.2, -0.15) is 0 Å². The van der Waals surface area contributed by atoms with Gasteiger partial charge in [-0.25, -0.2) is 4.39 Å². The molecule has 1 amide bonds. The van der Waals surface area contributed by atoms with Gasteiger partial charge in [0, 0.05) is 18.7 Å². The number of nitrogens with one attached hydrogen (secondary N) is 1. The van der Waals surface area contributed by atoms with Gasteiger partial charge in [-0.05, 0) is 25.3 Å². The van der Waals surface area contributed by atoms with E-state index in [9.17, 15) is 19.3 Å². The lowest BCUT2D eigenvalue weighted by Gasteiger charge is -2.15. The number of amides is 1. The van der Waals surface area contributed by atoms with Gasteiger partial charge in [0.15, 0.2) is 6.10 Å². The molecule has 7 heteroatoms. The van der Waals surface area contributed by atoms with Crippen LogP contribution in [0.15, 0.2) is 18.2 Å². The second-order valence-electron chi connectivity index (χ2n) is 5.10. The molecule has 0 heterocycles. The number of halogens is 1. The molecule has 0 radical (unpaired) electrons. The Morgan fingerprint density at radius 2 is 2.10 bits per heavy atom. The van der Waals surface area contributed by atoms with Crippen molar-refractivity contribution in [2.45, 2.75) is 33.3 Å². The monoisotopic (exact) mass is 298 g/mol. The maximum absolute atomic E-state index is 13.2. The number of carbonyl (C=O) groups excluding carboxylic acids is 1. The molecule has 1 unspecified atom stereocenters. The molecular formula is C14H19FN2O4. The first-order valence-corrected chi connectivity index (χ1v) is 6.69. The topological polar surface area (TPSA) is 81.5 Å². The van der Waals surface area contributed by atoms with E-state index >= 15 is 0 Å². The summed E-state index contributed by atoms with van der Waals surface area (Å²) < 4.78 is 18.4. The second kappa shape index (κ2) is 7.56. The maximum Gasteiger partial charge on any atom is 0.311 e. The van der Waals surface area contributed by atoms with E-state index in [0.717, 1.165) is 24.6 Å². The van der Waals surface area contributed by atoms with Crippen molar-refractivity contribution in [2.75, 3.05) is 6.54 Å². The largest absolute Gasteiger partial charge is 0.474 e.